The molecule has 0 unspecified atom stereocenters. The van der Waals surface area contributed by atoms with Crippen LogP contribution in [0.15, 0.2) is 12.1 Å². The lowest BCUT2D eigenvalue weighted by atomic mass is 9.95. The first-order chi connectivity index (χ1) is 14.0. The Kier molecular flexibility index (Phi) is 7.47. The molecule has 29 heavy (non-hydrogen) atoms. The van der Waals surface area contributed by atoms with Crippen LogP contribution in [0.5, 0.6) is 11.5 Å². The van der Waals surface area contributed by atoms with Crippen LogP contribution in [0.25, 0.3) is 0 Å². The predicted octanol–water partition coefficient (Wildman–Crippen LogP) is 3.59. The van der Waals surface area contributed by atoms with Gasteiger partial charge in [0.1, 0.15) is 0 Å². The first-order valence-corrected chi connectivity index (χ1v) is 10.7. The van der Waals surface area contributed by atoms with Crippen LogP contribution >= 0.6 is 11.6 Å². The molecule has 1 aliphatic heterocycles. The topological polar surface area (TPSA) is 79.9 Å². The number of piperidine rings is 1. The summed E-state index contributed by atoms with van der Waals surface area (Å²) in [6, 6.07) is 3.54. The van der Waals surface area contributed by atoms with Crippen LogP contribution in [-0.2, 0) is 0 Å². The lowest BCUT2D eigenvalue weighted by Gasteiger charge is -2.34. The SMILES string of the molecule is COc1cc(C(=O)NC2CCN(C(=O)NC3CCCCC3)CC2)cc(Cl)c1OC. The van der Waals surface area contributed by atoms with Gasteiger partial charge in [-0.2, -0.15) is 0 Å². The molecule has 2 N–H and O–H groups in total. The fourth-order valence-corrected chi connectivity index (χ4v) is 4.35. The average Bonchev–Trinajstić information content (AvgIpc) is 2.74. The zero-order valence-electron chi connectivity index (χ0n) is 17.1. The van der Waals surface area contributed by atoms with Gasteiger partial charge in [-0.3, -0.25) is 4.79 Å². The highest BCUT2D eigenvalue weighted by atomic mass is 35.5. The number of likely N-dealkylation sites (tertiary alicyclic amines) is 1. The van der Waals surface area contributed by atoms with Gasteiger partial charge in [-0.1, -0.05) is 30.9 Å². The van der Waals surface area contributed by atoms with E-state index in [0.29, 0.717) is 41.2 Å². The van der Waals surface area contributed by atoms with Gasteiger partial charge in [0.05, 0.1) is 19.2 Å². The van der Waals surface area contributed by atoms with Crippen molar-refractivity contribution in [3.63, 3.8) is 0 Å². The van der Waals surface area contributed by atoms with E-state index >= 15 is 0 Å². The number of carbonyl (C=O) groups is 2. The number of amides is 3. The summed E-state index contributed by atoms with van der Waals surface area (Å²) >= 11 is 6.20. The molecule has 1 aromatic rings. The summed E-state index contributed by atoms with van der Waals surface area (Å²) in [4.78, 5) is 27.0. The number of halogens is 1. The molecule has 8 heteroatoms. The summed E-state index contributed by atoms with van der Waals surface area (Å²) in [5.74, 6) is 0.611. The Balaban J connectivity index is 1.50. The van der Waals surface area contributed by atoms with E-state index in [4.69, 9.17) is 21.1 Å². The van der Waals surface area contributed by atoms with Gasteiger partial charge in [0.15, 0.2) is 11.5 Å². The number of urea groups is 1. The molecule has 7 nitrogen and oxygen atoms in total. The lowest BCUT2D eigenvalue weighted by Crippen LogP contribution is -2.51. The fourth-order valence-electron chi connectivity index (χ4n) is 4.06. The van der Waals surface area contributed by atoms with E-state index in [1.54, 1.807) is 12.1 Å². The van der Waals surface area contributed by atoms with Gasteiger partial charge >= 0.3 is 6.03 Å². The molecule has 0 radical (unpaired) electrons. The van der Waals surface area contributed by atoms with Crippen LogP contribution in [0.4, 0.5) is 4.79 Å². The number of benzene rings is 1. The lowest BCUT2D eigenvalue weighted by molar-refractivity contribution is 0.0917. The molecule has 0 spiro atoms. The fraction of sp³-hybridized carbons (Fsp3) is 0.619. The number of carbonyl (C=O) groups excluding carboxylic acids is 2. The van der Waals surface area contributed by atoms with E-state index in [1.807, 2.05) is 4.90 Å². The van der Waals surface area contributed by atoms with Crippen LogP contribution in [0.3, 0.4) is 0 Å². The van der Waals surface area contributed by atoms with Crippen LogP contribution in [0, 0.1) is 0 Å². The number of hydrogen-bond donors (Lipinski definition) is 2. The first-order valence-electron chi connectivity index (χ1n) is 10.3. The Morgan fingerprint density at radius 1 is 0.966 bits per heavy atom. The number of methoxy groups -OCH3 is 2. The van der Waals surface area contributed by atoms with Crippen molar-refractivity contribution < 1.29 is 19.1 Å². The quantitative estimate of drug-likeness (QED) is 0.758. The molecule has 3 rings (SSSR count). The Morgan fingerprint density at radius 3 is 2.24 bits per heavy atom. The summed E-state index contributed by atoms with van der Waals surface area (Å²) < 4.78 is 10.5. The number of nitrogens with zero attached hydrogens (tertiary/aromatic N) is 1. The molecule has 0 aromatic heterocycles. The summed E-state index contributed by atoms with van der Waals surface area (Å²) in [7, 11) is 3.01. The normalized spacial score (nSPS) is 18.2. The van der Waals surface area contributed by atoms with E-state index in [9.17, 15) is 9.59 Å². The Labute approximate surface area is 177 Å². The Hall–Kier alpha value is -2.15. The highest BCUT2D eigenvalue weighted by Crippen LogP contribution is 2.36. The van der Waals surface area contributed by atoms with Gasteiger partial charge in [-0.05, 0) is 37.8 Å². The molecule has 0 atom stereocenters. The second-order valence-electron chi connectivity index (χ2n) is 7.71. The van der Waals surface area contributed by atoms with Gasteiger partial charge in [0.2, 0.25) is 0 Å². The Bertz CT molecular complexity index is 729. The standard InChI is InChI=1S/C21H30ClN3O4/c1-28-18-13-14(12-17(22)19(18)29-2)20(26)23-16-8-10-25(11-9-16)21(27)24-15-6-4-3-5-7-15/h12-13,15-16H,3-11H2,1-2H3,(H,23,26)(H,24,27). The third-order valence-electron chi connectivity index (χ3n) is 5.75. The summed E-state index contributed by atoms with van der Waals surface area (Å²) in [6.45, 7) is 1.27. The van der Waals surface area contributed by atoms with Gasteiger partial charge in [0.25, 0.3) is 5.91 Å². The molecule has 3 amide bonds. The molecule has 1 saturated carbocycles. The number of nitrogens with one attached hydrogen (secondary N) is 2. The predicted molar refractivity (Wildman–Crippen MR) is 112 cm³/mol. The minimum atomic E-state index is -0.210. The van der Waals surface area contributed by atoms with Gasteiger partial charge < -0.3 is 25.0 Å². The molecule has 2 aliphatic rings. The molecule has 160 valence electrons. The van der Waals surface area contributed by atoms with Gasteiger partial charge in [-0.25, -0.2) is 4.79 Å². The van der Waals surface area contributed by atoms with Crippen molar-refractivity contribution in [2.24, 2.45) is 0 Å². The van der Waals surface area contributed by atoms with Crippen LogP contribution in [0.2, 0.25) is 5.02 Å². The van der Waals surface area contributed by atoms with Gasteiger partial charge in [-0.15, -0.1) is 0 Å². The number of ether oxygens (including phenoxy) is 2. The van der Waals surface area contributed by atoms with E-state index in [-0.39, 0.29) is 18.0 Å². The maximum absolute atomic E-state index is 12.7. The molecule has 1 aliphatic carbocycles. The van der Waals surface area contributed by atoms with E-state index in [0.717, 1.165) is 25.7 Å². The van der Waals surface area contributed by atoms with Crippen LogP contribution < -0.4 is 20.1 Å². The maximum Gasteiger partial charge on any atom is 0.317 e. The van der Waals surface area contributed by atoms with E-state index in [1.165, 1.54) is 33.5 Å². The second-order valence-corrected chi connectivity index (χ2v) is 8.12. The number of rotatable bonds is 5. The highest BCUT2D eigenvalue weighted by Gasteiger charge is 2.26. The third kappa shape index (κ3) is 5.47. The van der Waals surface area contributed by atoms with Crippen molar-refractivity contribution in [2.45, 2.75) is 57.0 Å². The second kappa shape index (κ2) is 10.1. The first kappa shape index (κ1) is 21.6. The van der Waals surface area contributed by atoms with Crippen molar-refractivity contribution in [1.82, 2.24) is 15.5 Å². The van der Waals surface area contributed by atoms with Crippen LogP contribution in [0.1, 0.15) is 55.3 Å². The summed E-state index contributed by atoms with van der Waals surface area (Å²) in [5, 5.41) is 6.52. The molecule has 1 saturated heterocycles. The van der Waals surface area contributed by atoms with Crippen molar-refractivity contribution >= 4 is 23.5 Å². The summed E-state index contributed by atoms with van der Waals surface area (Å²) in [6.07, 6.45) is 7.26. The largest absolute Gasteiger partial charge is 0.493 e. The Morgan fingerprint density at radius 2 is 1.62 bits per heavy atom. The molecule has 0 bridgehead atoms. The molecule has 2 fully saturated rings. The molecular weight excluding hydrogens is 394 g/mol. The third-order valence-corrected chi connectivity index (χ3v) is 6.03. The monoisotopic (exact) mass is 423 g/mol. The molecule has 1 heterocycles. The smallest absolute Gasteiger partial charge is 0.317 e. The highest BCUT2D eigenvalue weighted by molar-refractivity contribution is 6.32. The van der Waals surface area contributed by atoms with Gasteiger partial charge in [0, 0.05) is 30.7 Å². The minimum absolute atomic E-state index is 0.0214. The van der Waals surface area contributed by atoms with E-state index < -0.39 is 0 Å². The van der Waals surface area contributed by atoms with Crippen LogP contribution in [-0.4, -0.2) is 56.2 Å². The zero-order chi connectivity index (χ0) is 20.8. The molecular formula is C21H30ClN3O4. The average molecular weight is 424 g/mol. The zero-order valence-corrected chi connectivity index (χ0v) is 17.9. The van der Waals surface area contributed by atoms with Crippen molar-refractivity contribution in [3.05, 3.63) is 22.7 Å². The van der Waals surface area contributed by atoms with Crippen molar-refractivity contribution in [3.8, 4) is 11.5 Å². The maximum atomic E-state index is 12.7. The molecule has 1 aromatic carbocycles. The number of hydrogen-bond acceptors (Lipinski definition) is 4. The van der Waals surface area contributed by atoms with Crippen molar-refractivity contribution in [1.29, 1.82) is 0 Å². The summed E-state index contributed by atoms with van der Waals surface area (Å²) in [5.41, 5.74) is 0.421. The van der Waals surface area contributed by atoms with Crippen molar-refractivity contribution in [2.75, 3.05) is 27.3 Å². The van der Waals surface area contributed by atoms with E-state index in [2.05, 4.69) is 10.6 Å². The minimum Gasteiger partial charge on any atom is -0.493 e.